The predicted molar refractivity (Wildman–Crippen MR) is 106 cm³/mol. The van der Waals surface area contributed by atoms with Crippen LogP contribution >= 0.6 is 0 Å². The molecule has 0 aliphatic heterocycles. The number of benzene rings is 3. The number of carbonyl (C=O) groups excluding carboxylic acids is 1. The molecule has 0 aliphatic rings. The molecule has 4 rings (SSSR count). The van der Waals surface area contributed by atoms with Crippen LogP contribution in [0.25, 0.3) is 16.5 Å². The number of nitriles is 1. The summed E-state index contributed by atoms with van der Waals surface area (Å²) >= 11 is 0. The van der Waals surface area contributed by atoms with Crippen LogP contribution in [-0.4, -0.2) is 15.7 Å². The summed E-state index contributed by atoms with van der Waals surface area (Å²) in [5.74, 6) is -0.439. The molecule has 0 bridgehead atoms. The molecule has 1 N–H and O–H groups in total. The van der Waals surface area contributed by atoms with E-state index in [1.54, 1.807) is 72.8 Å². The average molecular weight is 366 g/mol. The van der Waals surface area contributed by atoms with Crippen molar-refractivity contribution in [1.82, 2.24) is 9.78 Å². The molecular formula is C22H14N4O2. The summed E-state index contributed by atoms with van der Waals surface area (Å²) in [5, 5.41) is 16.9. The fraction of sp³-hybridized carbons (Fsp3) is 0. The molecule has 6 heteroatoms. The zero-order chi connectivity index (χ0) is 19.5. The molecule has 28 heavy (non-hydrogen) atoms. The van der Waals surface area contributed by atoms with Crippen molar-refractivity contribution in [2.75, 3.05) is 5.32 Å². The summed E-state index contributed by atoms with van der Waals surface area (Å²) in [5.41, 5.74) is 1.46. The fourth-order valence-electron chi connectivity index (χ4n) is 2.92. The van der Waals surface area contributed by atoms with Crippen LogP contribution in [0.4, 0.5) is 5.69 Å². The maximum Gasteiger partial charge on any atom is 0.279 e. The first-order chi connectivity index (χ1) is 13.7. The van der Waals surface area contributed by atoms with E-state index in [1.807, 2.05) is 12.1 Å². The van der Waals surface area contributed by atoms with Crippen LogP contribution < -0.4 is 10.9 Å². The molecule has 0 saturated carbocycles. The molecule has 0 atom stereocenters. The summed E-state index contributed by atoms with van der Waals surface area (Å²) in [6.45, 7) is 0. The largest absolute Gasteiger partial charge is 0.321 e. The van der Waals surface area contributed by atoms with Crippen molar-refractivity contribution in [3.63, 3.8) is 0 Å². The minimum Gasteiger partial charge on any atom is -0.321 e. The van der Waals surface area contributed by atoms with E-state index in [1.165, 1.54) is 4.68 Å². The molecule has 1 amide bonds. The molecule has 0 spiro atoms. The zero-order valence-corrected chi connectivity index (χ0v) is 14.7. The van der Waals surface area contributed by atoms with Gasteiger partial charge in [0.05, 0.1) is 22.7 Å². The molecule has 1 aromatic heterocycles. The van der Waals surface area contributed by atoms with Crippen LogP contribution in [0.15, 0.2) is 83.7 Å². The van der Waals surface area contributed by atoms with Gasteiger partial charge in [0.2, 0.25) is 0 Å². The van der Waals surface area contributed by atoms with Crippen molar-refractivity contribution < 1.29 is 4.79 Å². The van der Waals surface area contributed by atoms with Gasteiger partial charge in [0.25, 0.3) is 11.5 Å². The highest BCUT2D eigenvalue weighted by atomic mass is 16.2. The summed E-state index contributed by atoms with van der Waals surface area (Å²) in [6, 6.07) is 24.4. The second-order valence-electron chi connectivity index (χ2n) is 6.09. The number of rotatable bonds is 3. The van der Waals surface area contributed by atoms with E-state index in [4.69, 9.17) is 5.26 Å². The number of aromatic nitrogens is 2. The van der Waals surface area contributed by atoms with Gasteiger partial charge < -0.3 is 5.32 Å². The topological polar surface area (TPSA) is 87.8 Å². The van der Waals surface area contributed by atoms with Crippen LogP contribution in [-0.2, 0) is 0 Å². The average Bonchev–Trinajstić information content (AvgIpc) is 2.75. The van der Waals surface area contributed by atoms with E-state index in [0.717, 1.165) is 0 Å². The summed E-state index contributed by atoms with van der Waals surface area (Å²) in [4.78, 5) is 25.8. The Kier molecular flexibility index (Phi) is 4.40. The highest BCUT2D eigenvalue weighted by Crippen LogP contribution is 2.17. The van der Waals surface area contributed by atoms with Crippen LogP contribution in [0.2, 0.25) is 0 Å². The van der Waals surface area contributed by atoms with Crippen LogP contribution in [0.5, 0.6) is 0 Å². The van der Waals surface area contributed by atoms with Gasteiger partial charge in [-0.15, -0.1) is 0 Å². The Labute approximate surface area is 160 Å². The number of amides is 1. The molecule has 134 valence electrons. The van der Waals surface area contributed by atoms with Crippen molar-refractivity contribution in [3.05, 3.63) is 100 Å². The summed E-state index contributed by atoms with van der Waals surface area (Å²) in [7, 11) is 0. The van der Waals surface area contributed by atoms with E-state index < -0.39 is 5.91 Å². The van der Waals surface area contributed by atoms with E-state index >= 15 is 0 Å². The number of anilines is 1. The molecule has 0 saturated heterocycles. The minimum atomic E-state index is -0.439. The van der Waals surface area contributed by atoms with Gasteiger partial charge >= 0.3 is 0 Å². The number of carbonyl (C=O) groups is 1. The summed E-state index contributed by atoms with van der Waals surface area (Å²) in [6.07, 6.45) is 0. The standard InChI is InChI=1S/C22H14N4O2/c23-14-15-10-12-16(13-11-15)24-21(27)20-18-8-4-5-9-19(18)22(28)26(25-20)17-6-2-1-3-7-17/h1-13H,(H,24,27). The van der Waals surface area contributed by atoms with E-state index in [2.05, 4.69) is 10.4 Å². The predicted octanol–water partition coefficient (Wildman–Crippen LogP) is 3.51. The Morgan fingerprint density at radius 3 is 2.21 bits per heavy atom. The Morgan fingerprint density at radius 2 is 1.54 bits per heavy atom. The van der Waals surface area contributed by atoms with Crippen molar-refractivity contribution in [1.29, 1.82) is 5.26 Å². The number of fused-ring (bicyclic) bond motifs is 1. The second-order valence-corrected chi connectivity index (χ2v) is 6.09. The molecule has 3 aromatic carbocycles. The molecule has 6 nitrogen and oxygen atoms in total. The maximum absolute atomic E-state index is 12.9. The third-order valence-electron chi connectivity index (χ3n) is 4.29. The Morgan fingerprint density at radius 1 is 0.893 bits per heavy atom. The summed E-state index contributed by atoms with van der Waals surface area (Å²) < 4.78 is 1.23. The van der Waals surface area contributed by atoms with Crippen molar-refractivity contribution in [3.8, 4) is 11.8 Å². The van der Waals surface area contributed by atoms with Gasteiger partial charge in [0.15, 0.2) is 5.69 Å². The molecule has 4 aromatic rings. The molecule has 0 aliphatic carbocycles. The van der Waals surface area contributed by atoms with Crippen molar-refractivity contribution >= 4 is 22.4 Å². The molecule has 0 unspecified atom stereocenters. The van der Waals surface area contributed by atoms with Gasteiger partial charge in [-0.25, -0.2) is 0 Å². The highest BCUT2D eigenvalue weighted by molar-refractivity contribution is 6.11. The zero-order valence-electron chi connectivity index (χ0n) is 14.7. The number of hydrogen-bond acceptors (Lipinski definition) is 4. The van der Waals surface area contributed by atoms with Gasteiger partial charge in [-0.2, -0.15) is 15.0 Å². The minimum absolute atomic E-state index is 0.142. The first-order valence-corrected chi connectivity index (χ1v) is 8.56. The SMILES string of the molecule is N#Cc1ccc(NC(=O)c2nn(-c3ccccc3)c(=O)c3ccccc23)cc1. The lowest BCUT2D eigenvalue weighted by Gasteiger charge is -2.11. The van der Waals surface area contributed by atoms with E-state index in [9.17, 15) is 9.59 Å². The van der Waals surface area contributed by atoms with Crippen LogP contribution in [0.3, 0.4) is 0 Å². The van der Waals surface area contributed by atoms with Gasteiger partial charge in [-0.1, -0.05) is 36.4 Å². The van der Waals surface area contributed by atoms with E-state index in [-0.39, 0.29) is 11.3 Å². The number of para-hydroxylation sites is 1. The molecule has 1 heterocycles. The molecule has 0 radical (unpaired) electrons. The van der Waals surface area contributed by atoms with Crippen LogP contribution in [0, 0.1) is 11.3 Å². The smallest absolute Gasteiger partial charge is 0.279 e. The fourth-order valence-corrected chi connectivity index (χ4v) is 2.92. The quantitative estimate of drug-likeness (QED) is 0.601. The van der Waals surface area contributed by atoms with Gasteiger partial charge in [0, 0.05) is 11.1 Å². The lowest BCUT2D eigenvalue weighted by Crippen LogP contribution is -2.26. The Bertz CT molecular complexity index is 1270. The third kappa shape index (κ3) is 3.13. The monoisotopic (exact) mass is 366 g/mol. The highest BCUT2D eigenvalue weighted by Gasteiger charge is 2.17. The number of nitrogens with zero attached hydrogens (tertiary/aromatic N) is 3. The third-order valence-corrected chi connectivity index (χ3v) is 4.29. The van der Waals surface area contributed by atoms with Gasteiger partial charge in [-0.05, 0) is 42.5 Å². The first-order valence-electron chi connectivity index (χ1n) is 8.56. The van der Waals surface area contributed by atoms with Crippen LogP contribution in [0.1, 0.15) is 16.1 Å². The second kappa shape index (κ2) is 7.17. The Hall–Kier alpha value is -4.24. The number of nitrogens with one attached hydrogen (secondary N) is 1. The normalized spacial score (nSPS) is 10.4. The first kappa shape index (κ1) is 17.2. The molecular weight excluding hydrogens is 352 g/mol. The molecule has 0 fully saturated rings. The van der Waals surface area contributed by atoms with Gasteiger partial charge in [0.1, 0.15) is 0 Å². The van der Waals surface area contributed by atoms with Crippen molar-refractivity contribution in [2.45, 2.75) is 0 Å². The van der Waals surface area contributed by atoms with Crippen molar-refractivity contribution in [2.24, 2.45) is 0 Å². The maximum atomic E-state index is 12.9. The number of hydrogen-bond donors (Lipinski definition) is 1. The lowest BCUT2D eigenvalue weighted by atomic mass is 10.1. The Balaban J connectivity index is 1.83. The lowest BCUT2D eigenvalue weighted by molar-refractivity contribution is 0.102. The van der Waals surface area contributed by atoms with Gasteiger partial charge in [-0.3, -0.25) is 9.59 Å². The van der Waals surface area contributed by atoms with E-state index in [0.29, 0.717) is 27.7 Å².